The number of carboxylic acid groups (broad SMARTS) is 1. The largest absolute Gasteiger partial charge is 0.478 e. The molecule has 0 aliphatic carbocycles. The summed E-state index contributed by atoms with van der Waals surface area (Å²) < 4.78 is 0. The molecule has 0 radical (unpaired) electrons. The molecule has 1 aliphatic rings. The van der Waals surface area contributed by atoms with Gasteiger partial charge in [-0.25, -0.2) is 4.79 Å². The minimum absolute atomic E-state index is 0. The summed E-state index contributed by atoms with van der Waals surface area (Å²) in [7, 11) is 0. The Kier molecular flexibility index (Phi) is 4.90. The number of aliphatic carboxylic acids is 1. The molecule has 1 fully saturated rings. The predicted octanol–water partition coefficient (Wildman–Crippen LogP) is 0.803. The van der Waals surface area contributed by atoms with Crippen molar-refractivity contribution in [2.75, 3.05) is 13.1 Å². The highest BCUT2D eigenvalue weighted by Gasteiger charge is 2.04. The molecule has 11 heavy (non-hydrogen) atoms. The molecule has 0 saturated carbocycles. The van der Waals surface area contributed by atoms with Gasteiger partial charge < -0.3 is 10.4 Å². The molecular formula is C7H12ClNO2. The summed E-state index contributed by atoms with van der Waals surface area (Å²) in [6.07, 6.45) is 3.08. The molecule has 3 nitrogen and oxygen atoms in total. The summed E-state index contributed by atoms with van der Waals surface area (Å²) >= 11 is 0. The molecule has 0 atom stereocenters. The third kappa shape index (κ3) is 4.01. The zero-order valence-corrected chi connectivity index (χ0v) is 6.99. The highest BCUT2D eigenvalue weighted by Crippen LogP contribution is 2.08. The van der Waals surface area contributed by atoms with E-state index < -0.39 is 5.97 Å². The first-order chi connectivity index (χ1) is 4.79. The molecular weight excluding hydrogens is 166 g/mol. The molecule has 1 saturated heterocycles. The highest BCUT2D eigenvalue weighted by molar-refractivity contribution is 5.85. The van der Waals surface area contributed by atoms with Gasteiger partial charge in [0.2, 0.25) is 0 Å². The first kappa shape index (κ1) is 10.5. The molecule has 4 heteroatoms. The normalized spacial score (nSPS) is 16.9. The third-order valence-electron chi connectivity index (χ3n) is 1.57. The zero-order chi connectivity index (χ0) is 7.40. The fourth-order valence-electron chi connectivity index (χ4n) is 1.07. The molecule has 0 amide bonds. The lowest BCUT2D eigenvalue weighted by molar-refractivity contribution is -0.131. The van der Waals surface area contributed by atoms with E-state index in [1.54, 1.807) is 0 Å². The van der Waals surface area contributed by atoms with Gasteiger partial charge in [0.1, 0.15) is 0 Å². The van der Waals surface area contributed by atoms with Crippen LogP contribution in [-0.4, -0.2) is 24.2 Å². The zero-order valence-electron chi connectivity index (χ0n) is 6.17. The van der Waals surface area contributed by atoms with Crippen molar-refractivity contribution < 1.29 is 9.90 Å². The van der Waals surface area contributed by atoms with E-state index >= 15 is 0 Å². The van der Waals surface area contributed by atoms with Crippen LogP contribution < -0.4 is 5.32 Å². The van der Waals surface area contributed by atoms with Crippen molar-refractivity contribution in [3.05, 3.63) is 11.6 Å². The number of hydrogen-bond donors (Lipinski definition) is 2. The first-order valence-corrected chi connectivity index (χ1v) is 3.42. The van der Waals surface area contributed by atoms with Gasteiger partial charge in [0.05, 0.1) is 0 Å². The summed E-state index contributed by atoms with van der Waals surface area (Å²) in [5.74, 6) is -0.822. The lowest BCUT2D eigenvalue weighted by Crippen LogP contribution is -2.23. The van der Waals surface area contributed by atoms with Gasteiger partial charge in [-0.1, -0.05) is 5.57 Å². The Bertz CT molecular complexity index is 160. The molecule has 1 aliphatic heterocycles. The number of hydrogen-bond acceptors (Lipinski definition) is 2. The number of rotatable bonds is 1. The van der Waals surface area contributed by atoms with Crippen molar-refractivity contribution in [1.82, 2.24) is 5.32 Å². The van der Waals surface area contributed by atoms with Crippen LogP contribution in [0.2, 0.25) is 0 Å². The van der Waals surface area contributed by atoms with Crippen LogP contribution in [-0.2, 0) is 4.79 Å². The highest BCUT2D eigenvalue weighted by atomic mass is 35.5. The summed E-state index contributed by atoms with van der Waals surface area (Å²) in [6, 6.07) is 0. The number of carboxylic acids is 1. The quantitative estimate of drug-likeness (QED) is 0.583. The van der Waals surface area contributed by atoms with Gasteiger partial charge in [0, 0.05) is 6.08 Å². The van der Waals surface area contributed by atoms with E-state index in [0.29, 0.717) is 0 Å². The molecule has 2 N–H and O–H groups in total. The van der Waals surface area contributed by atoms with Crippen LogP contribution in [0.25, 0.3) is 0 Å². The Morgan fingerprint density at radius 2 is 2.00 bits per heavy atom. The fourth-order valence-corrected chi connectivity index (χ4v) is 1.07. The van der Waals surface area contributed by atoms with E-state index in [4.69, 9.17) is 5.11 Å². The lowest BCUT2D eigenvalue weighted by atomic mass is 10.1. The Morgan fingerprint density at radius 1 is 1.45 bits per heavy atom. The molecule has 0 spiro atoms. The summed E-state index contributed by atoms with van der Waals surface area (Å²) in [4.78, 5) is 10.2. The van der Waals surface area contributed by atoms with Crippen LogP contribution in [0.4, 0.5) is 0 Å². The van der Waals surface area contributed by atoms with E-state index in [0.717, 1.165) is 31.5 Å². The standard InChI is InChI=1S/C7H11NO2.ClH/c9-7(10)5-6-1-3-8-4-2-6;/h5,8H,1-4H2,(H,9,10);1H. The summed E-state index contributed by atoms with van der Waals surface area (Å²) in [6.45, 7) is 1.83. The third-order valence-corrected chi connectivity index (χ3v) is 1.57. The van der Waals surface area contributed by atoms with Crippen LogP contribution in [0.15, 0.2) is 11.6 Å². The van der Waals surface area contributed by atoms with Crippen LogP contribution in [0.1, 0.15) is 12.8 Å². The second-order valence-electron chi connectivity index (χ2n) is 2.39. The van der Waals surface area contributed by atoms with Crippen molar-refractivity contribution in [3.63, 3.8) is 0 Å². The van der Waals surface area contributed by atoms with Crippen LogP contribution >= 0.6 is 12.4 Å². The monoisotopic (exact) mass is 177 g/mol. The van der Waals surface area contributed by atoms with Crippen molar-refractivity contribution >= 4 is 18.4 Å². The second kappa shape index (κ2) is 5.16. The maximum atomic E-state index is 10.2. The topological polar surface area (TPSA) is 49.3 Å². The number of nitrogens with one attached hydrogen (secondary N) is 1. The number of piperidine rings is 1. The van der Waals surface area contributed by atoms with Crippen molar-refractivity contribution in [3.8, 4) is 0 Å². The Morgan fingerprint density at radius 3 is 2.45 bits per heavy atom. The smallest absolute Gasteiger partial charge is 0.328 e. The minimum atomic E-state index is -0.822. The molecule has 0 aromatic carbocycles. The van der Waals surface area contributed by atoms with Gasteiger partial charge in [0.25, 0.3) is 0 Å². The first-order valence-electron chi connectivity index (χ1n) is 3.42. The van der Waals surface area contributed by atoms with Gasteiger partial charge in [-0.05, 0) is 25.9 Å². The van der Waals surface area contributed by atoms with E-state index in [9.17, 15) is 4.79 Å². The molecule has 0 aromatic heterocycles. The minimum Gasteiger partial charge on any atom is -0.478 e. The van der Waals surface area contributed by atoms with Crippen LogP contribution in [0.5, 0.6) is 0 Å². The summed E-state index contributed by atoms with van der Waals surface area (Å²) in [5, 5.41) is 11.5. The number of halogens is 1. The summed E-state index contributed by atoms with van der Waals surface area (Å²) in [5.41, 5.74) is 1.05. The average molecular weight is 178 g/mol. The molecule has 0 aromatic rings. The van der Waals surface area contributed by atoms with Gasteiger partial charge >= 0.3 is 5.97 Å². The molecule has 1 rings (SSSR count). The molecule has 0 unspecified atom stereocenters. The molecule has 1 heterocycles. The second-order valence-corrected chi connectivity index (χ2v) is 2.39. The SMILES string of the molecule is Cl.O=C(O)C=C1CCNCC1. The van der Waals surface area contributed by atoms with Crippen LogP contribution in [0.3, 0.4) is 0 Å². The van der Waals surface area contributed by atoms with Crippen molar-refractivity contribution in [2.45, 2.75) is 12.8 Å². The predicted molar refractivity (Wildman–Crippen MR) is 45.1 cm³/mol. The van der Waals surface area contributed by atoms with Crippen LogP contribution in [0, 0.1) is 0 Å². The Balaban J connectivity index is 0.000001000. The van der Waals surface area contributed by atoms with E-state index in [2.05, 4.69) is 5.32 Å². The van der Waals surface area contributed by atoms with Crippen molar-refractivity contribution in [1.29, 1.82) is 0 Å². The lowest BCUT2D eigenvalue weighted by Gasteiger charge is -2.13. The van der Waals surface area contributed by atoms with Gasteiger partial charge in [0.15, 0.2) is 0 Å². The number of carbonyl (C=O) groups is 1. The Hall–Kier alpha value is -0.540. The van der Waals surface area contributed by atoms with E-state index in [1.165, 1.54) is 6.08 Å². The molecule has 64 valence electrons. The van der Waals surface area contributed by atoms with E-state index in [1.807, 2.05) is 0 Å². The van der Waals surface area contributed by atoms with Gasteiger partial charge in [-0.15, -0.1) is 12.4 Å². The van der Waals surface area contributed by atoms with E-state index in [-0.39, 0.29) is 12.4 Å². The maximum absolute atomic E-state index is 10.2. The fraction of sp³-hybridized carbons (Fsp3) is 0.571. The maximum Gasteiger partial charge on any atom is 0.328 e. The Labute approximate surface area is 71.9 Å². The van der Waals surface area contributed by atoms with Gasteiger partial charge in [-0.3, -0.25) is 0 Å². The van der Waals surface area contributed by atoms with Crippen molar-refractivity contribution in [2.24, 2.45) is 0 Å². The molecule has 0 bridgehead atoms. The average Bonchev–Trinajstić information content (AvgIpc) is 1.88. The van der Waals surface area contributed by atoms with Gasteiger partial charge in [-0.2, -0.15) is 0 Å².